The summed E-state index contributed by atoms with van der Waals surface area (Å²) in [4.78, 5) is 8.09. The van der Waals surface area contributed by atoms with Crippen LogP contribution in [0.25, 0.3) is 5.69 Å². The molecular formula is C17H17ClN4. The Bertz CT molecular complexity index is 740. The number of benzene rings is 1. The number of hydrogen-bond acceptors (Lipinski definition) is 3. The summed E-state index contributed by atoms with van der Waals surface area (Å²) in [7, 11) is 0. The Labute approximate surface area is 134 Å². The van der Waals surface area contributed by atoms with Crippen molar-refractivity contribution in [3.8, 4) is 5.69 Å². The van der Waals surface area contributed by atoms with Crippen LogP contribution in [0.1, 0.15) is 24.1 Å². The van der Waals surface area contributed by atoms with Gasteiger partial charge in [0.05, 0.1) is 11.3 Å². The second-order valence-corrected chi connectivity index (χ2v) is 5.54. The molecule has 1 N–H and O–H groups in total. The summed E-state index contributed by atoms with van der Waals surface area (Å²) in [6, 6.07) is 10.6. The van der Waals surface area contributed by atoms with Gasteiger partial charge in [0.15, 0.2) is 0 Å². The van der Waals surface area contributed by atoms with Crippen LogP contribution in [0.4, 0.5) is 0 Å². The Kier molecular flexibility index (Phi) is 4.51. The van der Waals surface area contributed by atoms with Gasteiger partial charge in [-0.15, -0.1) is 0 Å². The molecule has 0 aliphatic carbocycles. The number of halogens is 1. The molecule has 0 aliphatic heterocycles. The molecule has 22 heavy (non-hydrogen) atoms. The molecule has 5 heteroatoms. The normalized spacial score (nSPS) is 12.3. The summed E-state index contributed by atoms with van der Waals surface area (Å²) < 4.78 is 2.00. The molecule has 1 unspecified atom stereocenters. The maximum atomic E-state index is 6.13. The van der Waals surface area contributed by atoms with Gasteiger partial charge in [-0.3, -0.25) is 4.98 Å². The topological polar surface area (TPSA) is 42.7 Å². The fraction of sp³-hybridized carbons (Fsp3) is 0.176. The number of nitrogens with zero attached hydrogens (tertiary/aromatic N) is 3. The smallest absolute Gasteiger partial charge is 0.0991 e. The highest BCUT2D eigenvalue weighted by atomic mass is 35.5. The molecule has 112 valence electrons. The Morgan fingerprint density at radius 1 is 1.23 bits per heavy atom. The molecular weight excluding hydrogens is 296 g/mol. The second-order valence-electron chi connectivity index (χ2n) is 5.13. The first-order valence-electron chi connectivity index (χ1n) is 7.14. The maximum absolute atomic E-state index is 6.13. The highest BCUT2D eigenvalue weighted by Gasteiger charge is 2.07. The van der Waals surface area contributed by atoms with Gasteiger partial charge in [-0.2, -0.15) is 0 Å². The van der Waals surface area contributed by atoms with E-state index >= 15 is 0 Å². The monoisotopic (exact) mass is 312 g/mol. The van der Waals surface area contributed by atoms with Gasteiger partial charge in [0.2, 0.25) is 0 Å². The van der Waals surface area contributed by atoms with E-state index in [4.69, 9.17) is 11.6 Å². The molecule has 1 atom stereocenters. The number of aromatic nitrogens is 3. The molecule has 2 aromatic heterocycles. The molecule has 4 nitrogen and oxygen atoms in total. The highest BCUT2D eigenvalue weighted by molar-refractivity contribution is 6.31. The average Bonchev–Trinajstić information content (AvgIpc) is 3.08. The number of hydrogen-bond donors (Lipinski definition) is 1. The van der Waals surface area contributed by atoms with Crippen molar-refractivity contribution in [3.63, 3.8) is 0 Å². The lowest BCUT2D eigenvalue weighted by Crippen LogP contribution is -2.18. The molecule has 0 fully saturated rings. The minimum Gasteiger partial charge on any atom is -0.306 e. The van der Waals surface area contributed by atoms with Gasteiger partial charge in [-0.25, -0.2) is 4.98 Å². The van der Waals surface area contributed by atoms with E-state index in [0.717, 1.165) is 11.3 Å². The van der Waals surface area contributed by atoms with Crippen LogP contribution in [-0.4, -0.2) is 14.5 Å². The Hall–Kier alpha value is -2.17. The predicted octanol–water partition coefficient (Wildman–Crippen LogP) is 3.77. The van der Waals surface area contributed by atoms with E-state index < -0.39 is 0 Å². The zero-order chi connectivity index (χ0) is 15.4. The lowest BCUT2D eigenvalue weighted by Gasteiger charge is -2.16. The van der Waals surface area contributed by atoms with Crippen molar-refractivity contribution in [2.45, 2.75) is 19.5 Å². The summed E-state index contributed by atoms with van der Waals surface area (Å²) in [6.45, 7) is 2.85. The van der Waals surface area contributed by atoms with Gasteiger partial charge < -0.3 is 9.88 Å². The molecule has 0 saturated carbocycles. The van der Waals surface area contributed by atoms with E-state index in [2.05, 4.69) is 46.5 Å². The van der Waals surface area contributed by atoms with Crippen LogP contribution in [0.15, 0.2) is 61.4 Å². The number of imidazole rings is 1. The van der Waals surface area contributed by atoms with E-state index in [1.807, 2.05) is 16.8 Å². The van der Waals surface area contributed by atoms with Crippen LogP contribution in [0.2, 0.25) is 5.02 Å². The molecule has 0 aliphatic rings. The quantitative estimate of drug-likeness (QED) is 0.780. The largest absolute Gasteiger partial charge is 0.306 e. The fourth-order valence-corrected chi connectivity index (χ4v) is 2.48. The third kappa shape index (κ3) is 3.35. The van der Waals surface area contributed by atoms with Gasteiger partial charge >= 0.3 is 0 Å². The van der Waals surface area contributed by atoms with Crippen LogP contribution < -0.4 is 5.32 Å². The standard InChI is InChI=1S/C17H17ClN4/c1-13(21-10-15-5-6-19-11-17(15)18)14-3-2-4-16(9-14)22-8-7-20-12-22/h2-9,11-13,21H,10H2,1H3. The third-order valence-electron chi connectivity index (χ3n) is 3.63. The van der Waals surface area contributed by atoms with Crippen molar-refractivity contribution >= 4 is 11.6 Å². The average molecular weight is 313 g/mol. The first kappa shape index (κ1) is 14.8. The van der Waals surface area contributed by atoms with Crippen molar-refractivity contribution in [2.75, 3.05) is 0 Å². The van der Waals surface area contributed by atoms with Gasteiger partial charge in [0, 0.05) is 43.1 Å². The van der Waals surface area contributed by atoms with Crippen LogP contribution in [-0.2, 0) is 6.54 Å². The van der Waals surface area contributed by atoms with Crippen molar-refractivity contribution in [1.82, 2.24) is 19.9 Å². The van der Waals surface area contributed by atoms with Crippen molar-refractivity contribution in [1.29, 1.82) is 0 Å². The fourth-order valence-electron chi connectivity index (χ4n) is 2.29. The van der Waals surface area contributed by atoms with Gasteiger partial charge in [0.25, 0.3) is 0 Å². The number of pyridine rings is 1. The molecule has 0 saturated heterocycles. The minimum absolute atomic E-state index is 0.215. The zero-order valence-corrected chi connectivity index (χ0v) is 13.0. The summed E-state index contributed by atoms with van der Waals surface area (Å²) in [5, 5.41) is 4.18. The summed E-state index contributed by atoms with van der Waals surface area (Å²) in [5.41, 5.74) is 3.37. The van der Waals surface area contributed by atoms with E-state index in [0.29, 0.717) is 11.6 Å². The van der Waals surface area contributed by atoms with E-state index in [1.54, 1.807) is 24.9 Å². The Balaban J connectivity index is 1.71. The zero-order valence-electron chi connectivity index (χ0n) is 12.3. The first-order chi connectivity index (χ1) is 10.7. The van der Waals surface area contributed by atoms with Crippen LogP contribution in [0, 0.1) is 0 Å². The van der Waals surface area contributed by atoms with E-state index in [-0.39, 0.29) is 6.04 Å². The SMILES string of the molecule is CC(NCc1ccncc1Cl)c1cccc(-n2ccnc2)c1. The Morgan fingerprint density at radius 3 is 2.91 bits per heavy atom. The lowest BCUT2D eigenvalue weighted by molar-refractivity contribution is 0.574. The number of rotatable bonds is 5. The van der Waals surface area contributed by atoms with Crippen LogP contribution >= 0.6 is 11.6 Å². The maximum Gasteiger partial charge on any atom is 0.0991 e. The second kappa shape index (κ2) is 6.73. The Morgan fingerprint density at radius 2 is 2.14 bits per heavy atom. The lowest BCUT2D eigenvalue weighted by atomic mass is 10.1. The first-order valence-corrected chi connectivity index (χ1v) is 7.52. The molecule has 0 bridgehead atoms. The van der Waals surface area contributed by atoms with Crippen LogP contribution in [0.3, 0.4) is 0 Å². The van der Waals surface area contributed by atoms with Gasteiger partial charge in [-0.05, 0) is 36.2 Å². The molecule has 2 heterocycles. The van der Waals surface area contributed by atoms with Crippen LogP contribution in [0.5, 0.6) is 0 Å². The van der Waals surface area contributed by atoms with Crippen molar-refractivity contribution in [3.05, 3.63) is 77.6 Å². The molecule has 0 spiro atoms. The minimum atomic E-state index is 0.215. The van der Waals surface area contributed by atoms with Crippen molar-refractivity contribution in [2.24, 2.45) is 0 Å². The molecule has 3 rings (SSSR count). The van der Waals surface area contributed by atoms with Gasteiger partial charge in [0.1, 0.15) is 0 Å². The molecule has 0 radical (unpaired) electrons. The van der Waals surface area contributed by atoms with Crippen molar-refractivity contribution < 1.29 is 0 Å². The van der Waals surface area contributed by atoms with E-state index in [9.17, 15) is 0 Å². The summed E-state index contributed by atoms with van der Waals surface area (Å²) in [6.07, 6.45) is 8.94. The van der Waals surface area contributed by atoms with E-state index in [1.165, 1.54) is 5.56 Å². The highest BCUT2D eigenvalue weighted by Crippen LogP contribution is 2.19. The predicted molar refractivity (Wildman–Crippen MR) is 88.1 cm³/mol. The summed E-state index contributed by atoms with van der Waals surface area (Å²) >= 11 is 6.13. The summed E-state index contributed by atoms with van der Waals surface area (Å²) in [5.74, 6) is 0. The number of nitrogens with one attached hydrogen (secondary N) is 1. The molecule has 1 aromatic carbocycles. The molecule has 0 amide bonds. The third-order valence-corrected chi connectivity index (χ3v) is 3.97. The molecule has 3 aromatic rings. The van der Waals surface area contributed by atoms with Gasteiger partial charge in [-0.1, -0.05) is 23.7 Å².